The molecule has 4 nitrogen and oxygen atoms in total. The molecule has 1 aromatic carbocycles. The summed E-state index contributed by atoms with van der Waals surface area (Å²) in [5.74, 6) is 0.849. The van der Waals surface area contributed by atoms with E-state index in [0.29, 0.717) is 13.2 Å². The Balaban J connectivity index is 2.13. The van der Waals surface area contributed by atoms with Crippen molar-refractivity contribution in [3.05, 3.63) is 23.1 Å². The third-order valence-corrected chi connectivity index (χ3v) is 4.45. The summed E-state index contributed by atoms with van der Waals surface area (Å²) < 4.78 is 12.5. The van der Waals surface area contributed by atoms with Gasteiger partial charge in [0.25, 0.3) is 0 Å². The molecule has 0 aliphatic rings. The SMILES string of the molecule is CCOc1cc2cc(CCCCC(=O)O)sc2cc1OCC. The molecule has 1 heterocycles. The largest absolute Gasteiger partial charge is 0.490 e. The number of carboxylic acids is 1. The third kappa shape index (κ3) is 4.37. The first-order valence-corrected chi connectivity index (χ1v) is 8.49. The van der Waals surface area contributed by atoms with Crippen molar-refractivity contribution in [3.63, 3.8) is 0 Å². The number of hydrogen-bond donors (Lipinski definition) is 1. The fraction of sp³-hybridized carbons (Fsp3) is 0.471. The van der Waals surface area contributed by atoms with Crippen LogP contribution < -0.4 is 9.47 Å². The molecule has 0 atom stereocenters. The first kappa shape index (κ1) is 16.6. The number of carboxylic acid groups (broad SMARTS) is 1. The van der Waals surface area contributed by atoms with Gasteiger partial charge in [-0.25, -0.2) is 0 Å². The van der Waals surface area contributed by atoms with E-state index in [1.807, 2.05) is 26.0 Å². The van der Waals surface area contributed by atoms with Crippen molar-refractivity contribution in [2.75, 3.05) is 13.2 Å². The number of thiophene rings is 1. The predicted octanol–water partition coefficient (Wildman–Crippen LogP) is 4.50. The Bertz CT molecular complexity index is 590. The summed E-state index contributed by atoms with van der Waals surface area (Å²) in [5.41, 5.74) is 0. The molecule has 5 heteroatoms. The second kappa shape index (κ2) is 8.03. The molecule has 2 rings (SSSR count). The summed E-state index contributed by atoms with van der Waals surface area (Å²) in [6, 6.07) is 6.23. The van der Waals surface area contributed by atoms with E-state index in [-0.39, 0.29) is 6.42 Å². The molecule has 0 unspecified atom stereocenters. The number of hydrogen-bond acceptors (Lipinski definition) is 4. The summed E-state index contributed by atoms with van der Waals surface area (Å²) in [5, 5.41) is 9.82. The molecule has 0 saturated carbocycles. The van der Waals surface area contributed by atoms with Gasteiger partial charge < -0.3 is 14.6 Å². The van der Waals surface area contributed by atoms with E-state index in [1.54, 1.807) is 11.3 Å². The normalized spacial score (nSPS) is 10.8. The first-order valence-electron chi connectivity index (χ1n) is 7.67. The van der Waals surface area contributed by atoms with Crippen molar-refractivity contribution in [2.45, 2.75) is 39.5 Å². The van der Waals surface area contributed by atoms with Gasteiger partial charge in [-0.05, 0) is 50.6 Å². The summed E-state index contributed by atoms with van der Waals surface area (Å²) in [4.78, 5) is 11.8. The van der Waals surface area contributed by atoms with Gasteiger partial charge in [0.15, 0.2) is 11.5 Å². The van der Waals surface area contributed by atoms with Crippen LogP contribution in [-0.4, -0.2) is 24.3 Å². The molecule has 0 aliphatic carbocycles. The number of unbranched alkanes of at least 4 members (excludes halogenated alkanes) is 1. The maximum Gasteiger partial charge on any atom is 0.303 e. The van der Waals surface area contributed by atoms with Crippen molar-refractivity contribution in [2.24, 2.45) is 0 Å². The maximum absolute atomic E-state index is 10.5. The first-order chi connectivity index (χ1) is 10.6. The molecule has 0 fully saturated rings. The monoisotopic (exact) mass is 322 g/mol. The molecular formula is C17H22O4S. The van der Waals surface area contributed by atoms with Crippen LogP contribution in [0, 0.1) is 0 Å². The average Bonchev–Trinajstić information content (AvgIpc) is 2.86. The molecule has 1 aromatic heterocycles. The maximum atomic E-state index is 10.5. The van der Waals surface area contributed by atoms with Crippen LogP contribution in [-0.2, 0) is 11.2 Å². The van der Waals surface area contributed by atoms with Gasteiger partial charge in [-0.3, -0.25) is 4.79 Å². The lowest BCUT2D eigenvalue weighted by molar-refractivity contribution is -0.137. The van der Waals surface area contributed by atoms with Gasteiger partial charge in [0.2, 0.25) is 0 Å². The lowest BCUT2D eigenvalue weighted by Gasteiger charge is -2.10. The van der Waals surface area contributed by atoms with Crippen LogP contribution in [0.25, 0.3) is 10.1 Å². The zero-order chi connectivity index (χ0) is 15.9. The minimum absolute atomic E-state index is 0.244. The van der Waals surface area contributed by atoms with Crippen molar-refractivity contribution in [1.29, 1.82) is 0 Å². The van der Waals surface area contributed by atoms with Crippen LogP contribution in [0.2, 0.25) is 0 Å². The van der Waals surface area contributed by atoms with E-state index >= 15 is 0 Å². The Morgan fingerprint density at radius 1 is 1.09 bits per heavy atom. The Morgan fingerprint density at radius 2 is 1.77 bits per heavy atom. The molecule has 0 saturated heterocycles. The van der Waals surface area contributed by atoms with Gasteiger partial charge in [0.05, 0.1) is 13.2 Å². The summed E-state index contributed by atoms with van der Waals surface area (Å²) in [7, 11) is 0. The molecule has 0 aliphatic heterocycles. The lowest BCUT2D eigenvalue weighted by Crippen LogP contribution is -1.97. The summed E-state index contributed by atoms with van der Waals surface area (Å²) >= 11 is 1.74. The minimum atomic E-state index is -0.723. The topological polar surface area (TPSA) is 55.8 Å². The number of carbonyl (C=O) groups is 1. The van der Waals surface area contributed by atoms with Crippen LogP contribution >= 0.6 is 11.3 Å². The highest BCUT2D eigenvalue weighted by Crippen LogP contribution is 2.37. The highest BCUT2D eigenvalue weighted by molar-refractivity contribution is 7.19. The zero-order valence-electron chi connectivity index (χ0n) is 13.1. The second-order valence-electron chi connectivity index (χ2n) is 5.02. The van der Waals surface area contributed by atoms with Crippen LogP contribution in [0.15, 0.2) is 18.2 Å². The Kier molecular flexibility index (Phi) is 6.07. The number of aliphatic carboxylic acids is 1. The standard InChI is InChI=1S/C17H22O4S/c1-3-20-14-10-12-9-13(7-5-6-8-17(18)19)22-16(12)11-15(14)21-4-2/h9-11H,3-8H2,1-2H3,(H,18,19). The van der Waals surface area contributed by atoms with Crippen LogP contribution in [0.4, 0.5) is 0 Å². The summed E-state index contributed by atoms with van der Waals surface area (Å²) in [6.07, 6.45) is 2.78. The number of fused-ring (bicyclic) bond motifs is 1. The molecule has 0 bridgehead atoms. The predicted molar refractivity (Wildman–Crippen MR) is 89.4 cm³/mol. The second-order valence-corrected chi connectivity index (χ2v) is 6.18. The van der Waals surface area contributed by atoms with Gasteiger partial charge in [-0.15, -0.1) is 11.3 Å². The zero-order valence-corrected chi connectivity index (χ0v) is 13.9. The van der Waals surface area contributed by atoms with Crippen LogP contribution in [0.1, 0.15) is 38.0 Å². The average molecular weight is 322 g/mol. The van der Waals surface area contributed by atoms with Gasteiger partial charge >= 0.3 is 5.97 Å². The highest BCUT2D eigenvalue weighted by atomic mass is 32.1. The molecule has 120 valence electrons. The molecule has 22 heavy (non-hydrogen) atoms. The van der Waals surface area contributed by atoms with Crippen molar-refractivity contribution in [1.82, 2.24) is 0 Å². The fourth-order valence-corrected chi connectivity index (χ4v) is 3.45. The van der Waals surface area contributed by atoms with E-state index in [2.05, 4.69) is 6.07 Å². The van der Waals surface area contributed by atoms with Crippen molar-refractivity contribution < 1.29 is 19.4 Å². The van der Waals surface area contributed by atoms with Gasteiger partial charge in [-0.1, -0.05) is 0 Å². The minimum Gasteiger partial charge on any atom is -0.490 e. The quantitative estimate of drug-likeness (QED) is 0.691. The van der Waals surface area contributed by atoms with Crippen LogP contribution in [0.5, 0.6) is 11.5 Å². The Hall–Kier alpha value is -1.75. The fourth-order valence-electron chi connectivity index (χ4n) is 2.34. The van der Waals surface area contributed by atoms with Gasteiger partial charge in [0, 0.05) is 22.1 Å². The van der Waals surface area contributed by atoms with E-state index in [9.17, 15) is 4.79 Å². The van der Waals surface area contributed by atoms with Crippen LogP contribution in [0.3, 0.4) is 0 Å². The van der Waals surface area contributed by atoms with Gasteiger partial charge in [-0.2, -0.15) is 0 Å². The summed E-state index contributed by atoms with van der Waals surface area (Å²) in [6.45, 7) is 5.14. The Labute approximate surface area is 134 Å². The molecule has 0 radical (unpaired) electrons. The van der Waals surface area contributed by atoms with Gasteiger partial charge in [0.1, 0.15) is 0 Å². The molecule has 2 aromatic rings. The molecule has 1 N–H and O–H groups in total. The highest BCUT2D eigenvalue weighted by Gasteiger charge is 2.10. The van der Waals surface area contributed by atoms with E-state index in [0.717, 1.165) is 36.1 Å². The van der Waals surface area contributed by atoms with Crippen molar-refractivity contribution >= 4 is 27.4 Å². The third-order valence-electron chi connectivity index (χ3n) is 3.30. The van der Waals surface area contributed by atoms with E-state index in [4.69, 9.17) is 14.6 Å². The molecule has 0 amide bonds. The number of rotatable bonds is 9. The molecular weight excluding hydrogens is 300 g/mol. The Morgan fingerprint density at radius 3 is 2.41 bits per heavy atom. The smallest absolute Gasteiger partial charge is 0.303 e. The number of ether oxygens (including phenoxy) is 2. The lowest BCUT2D eigenvalue weighted by atomic mass is 10.1. The molecule has 0 spiro atoms. The van der Waals surface area contributed by atoms with Crippen molar-refractivity contribution in [3.8, 4) is 11.5 Å². The van der Waals surface area contributed by atoms with E-state index < -0.39 is 5.97 Å². The number of aryl methyl sites for hydroxylation is 1. The van der Waals surface area contributed by atoms with E-state index in [1.165, 1.54) is 9.58 Å². The number of benzene rings is 1.